The molecule has 1 amide bonds. The normalized spacial score (nSPS) is 10.9. The molecule has 0 atom stereocenters. The van der Waals surface area contributed by atoms with E-state index in [2.05, 4.69) is 5.32 Å². The molecule has 0 bridgehead atoms. The fourth-order valence-corrected chi connectivity index (χ4v) is 1.43. The van der Waals surface area contributed by atoms with Gasteiger partial charge in [-0.25, -0.2) is 4.39 Å². The van der Waals surface area contributed by atoms with Gasteiger partial charge in [0.25, 0.3) is 5.69 Å². The van der Waals surface area contributed by atoms with Gasteiger partial charge < -0.3 is 10.4 Å². The first-order valence-corrected chi connectivity index (χ1v) is 5.60. The number of hydrogen-bond donors (Lipinski definition) is 2. The molecule has 0 unspecified atom stereocenters. The third kappa shape index (κ3) is 3.74. The van der Waals surface area contributed by atoms with Crippen LogP contribution in [0.5, 0.6) is 0 Å². The van der Waals surface area contributed by atoms with Crippen molar-refractivity contribution in [2.45, 2.75) is 20.3 Å². The number of nitrogens with zero attached hydrogens (tertiary/aromatic N) is 1. The second kappa shape index (κ2) is 5.64. The van der Waals surface area contributed by atoms with E-state index in [0.29, 0.717) is 6.07 Å². The van der Waals surface area contributed by atoms with Crippen molar-refractivity contribution in [3.63, 3.8) is 0 Å². The Morgan fingerprint density at radius 1 is 1.45 bits per heavy atom. The third-order valence-electron chi connectivity index (χ3n) is 2.61. The number of nitrogens with one attached hydrogen (secondary N) is 1. The van der Waals surface area contributed by atoms with Crippen LogP contribution in [0, 0.1) is 21.3 Å². The van der Waals surface area contributed by atoms with Crippen LogP contribution in [0.15, 0.2) is 18.2 Å². The van der Waals surface area contributed by atoms with Gasteiger partial charge >= 0.3 is 5.97 Å². The molecule has 0 heterocycles. The number of aliphatic carboxylic acids is 1. The van der Waals surface area contributed by atoms with Crippen molar-refractivity contribution in [1.29, 1.82) is 0 Å². The van der Waals surface area contributed by atoms with E-state index in [0.717, 1.165) is 12.1 Å². The molecule has 8 heteroatoms. The Morgan fingerprint density at radius 3 is 2.55 bits per heavy atom. The van der Waals surface area contributed by atoms with Crippen LogP contribution in [-0.2, 0) is 9.59 Å². The lowest BCUT2D eigenvalue weighted by atomic mass is 9.89. The molecular weight excluding hydrogens is 271 g/mol. The number of nitro groups is 1. The summed E-state index contributed by atoms with van der Waals surface area (Å²) in [6.07, 6.45) is -0.364. The first-order valence-electron chi connectivity index (χ1n) is 5.60. The maximum absolute atomic E-state index is 12.9. The maximum atomic E-state index is 12.9. The van der Waals surface area contributed by atoms with E-state index >= 15 is 0 Å². The minimum Gasteiger partial charge on any atom is -0.481 e. The van der Waals surface area contributed by atoms with Crippen LogP contribution in [0.4, 0.5) is 15.8 Å². The highest BCUT2D eigenvalue weighted by atomic mass is 19.1. The van der Waals surface area contributed by atoms with Crippen molar-refractivity contribution in [3.8, 4) is 0 Å². The van der Waals surface area contributed by atoms with Gasteiger partial charge in [0.1, 0.15) is 11.5 Å². The van der Waals surface area contributed by atoms with Gasteiger partial charge in [0.05, 0.1) is 16.4 Å². The number of halogens is 1. The molecule has 0 fully saturated rings. The van der Waals surface area contributed by atoms with Gasteiger partial charge in [-0.2, -0.15) is 0 Å². The van der Waals surface area contributed by atoms with Crippen molar-refractivity contribution >= 4 is 23.3 Å². The molecule has 1 rings (SSSR count). The highest BCUT2D eigenvalue weighted by molar-refractivity contribution is 5.95. The molecular formula is C12H13FN2O5. The molecule has 1 aromatic carbocycles. The van der Waals surface area contributed by atoms with Gasteiger partial charge in [-0.15, -0.1) is 0 Å². The summed E-state index contributed by atoms with van der Waals surface area (Å²) < 4.78 is 12.9. The summed E-state index contributed by atoms with van der Waals surface area (Å²) in [7, 11) is 0. The lowest BCUT2D eigenvalue weighted by Gasteiger charge is -2.18. The molecule has 2 N–H and O–H groups in total. The zero-order valence-corrected chi connectivity index (χ0v) is 10.8. The first-order chi connectivity index (χ1) is 9.13. The Kier molecular flexibility index (Phi) is 4.38. The number of hydrogen-bond acceptors (Lipinski definition) is 4. The molecule has 0 radical (unpaired) electrons. The highest BCUT2D eigenvalue weighted by Gasteiger charge is 2.30. The molecule has 108 valence electrons. The average molecular weight is 284 g/mol. The lowest BCUT2D eigenvalue weighted by molar-refractivity contribution is -0.384. The fraction of sp³-hybridized carbons (Fsp3) is 0.333. The highest BCUT2D eigenvalue weighted by Crippen LogP contribution is 2.27. The van der Waals surface area contributed by atoms with E-state index in [1.54, 1.807) is 0 Å². The number of carboxylic acid groups (broad SMARTS) is 1. The Bertz CT molecular complexity index is 571. The maximum Gasteiger partial charge on any atom is 0.309 e. The van der Waals surface area contributed by atoms with Crippen LogP contribution in [0.3, 0.4) is 0 Å². The molecule has 0 aromatic heterocycles. The van der Waals surface area contributed by atoms with Crippen molar-refractivity contribution in [3.05, 3.63) is 34.1 Å². The molecule has 1 aromatic rings. The predicted octanol–water partition coefficient (Wildman–Crippen LogP) is 2.17. The van der Waals surface area contributed by atoms with Gasteiger partial charge in [0.15, 0.2) is 0 Å². The zero-order valence-electron chi connectivity index (χ0n) is 10.8. The summed E-state index contributed by atoms with van der Waals surface area (Å²) in [6, 6.07) is 2.70. The second-order valence-electron chi connectivity index (χ2n) is 4.83. The number of rotatable bonds is 5. The number of benzene rings is 1. The molecule has 0 aliphatic heterocycles. The number of nitro benzene ring substituents is 1. The standard InChI is InChI=1S/C12H13FN2O5/c1-12(2,11(17)18)6-10(16)14-8-4-3-7(13)5-9(8)15(19)20/h3-5H,6H2,1-2H3,(H,14,16)(H,17,18). The number of amides is 1. The Balaban J connectivity index is 2.92. The zero-order chi connectivity index (χ0) is 15.5. The lowest BCUT2D eigenvalue weighted by Crippen LogP contribution is -2.29. The summed E-state index contributed by atoms with van der Waals surface area (Å²) >= 11 is 0. The molecule has 0 saturated heterocycles. The summed E-state index contributed by atoms with van der Waals surface area (Å²) in [5.41, 5.74) is -2.08. The van der Waals surface area contributed by atoms with E-state index in [-0.39, 0.29) is 12.1 Å². The van der Waals surface area contributed by atoms with E-state index < -0.39 is 33.7 Å². The number of anilines is 1. The molecule has 0 aliphatic rings. The Labute approximate surface area is 113 Å². The third-order valence-corrected chi connectivity index (χ3v) is 2.61. The van der Waals surface area contributed by atoms with E-state index in [1.165, 1.54) is 13.8 Å². The van der Waals surface area contributed by atoms with Gasteiger partial charge in [-0.1, -0.05) is 0 Å². The summed E-state index contributed by atoms with van der Waals surface area (Å²) in [5, 5.41) is 21.9. The fourth-order valence-electron chi connectivity index (χ4n) is 1.43. The Morgan fingerprint density at radius 2 is 2.05 bits per heavy atom. The quantitative estimate of drug-likeness (QED) is 0.636. The molecule has 20 heavy (non-hydrogen) atoms. The summed E-state index contributed by atoms with van der Waals surface area (Å²) in [4.78, 5) is 32.5. The van der Waals surface area contributed by atoms with E-state index in [1.807, 2.05) is 0 Å². The average Bonchev–Trinajstić information content (AvgIpc) is 2.30. The molecule has 0 saturated carbocycles. The summed E-state index contributed by atoms with van der Waals surface area (Å²) in [6.45, 7) is 2.71. The van der Waals surface area contributed by atoms with Crippen LogP contribution in [0.2, 0.25) is 0 Å². The monoisotopic (exact) mass is 284 g/mol. The van der Waals surface area contributed by atoms with E-state index in [4.69, 9.17) is 5.11 Å². The number of carboxylic acids is 1. The molecule has 0 aliphatic carbocycles. The topological polar surface area (TPSA) is 110 Å². The van der Waals surface area contributed by atoms with Crippen molar-refractivity contribution in [1.82, 2.24) is 0 Å². The van der Waals surface area contributed by atoms with Gasteiger partial charge in [-0.3, -0.25) is 19.7 Å². The summed E-state index contributed by atoms with van der Waals surface area (Å²) in [5.74, 6) is -2.67. The van der Waals surface area contributed by atoms with E-state index in [9.17, 15) is 24.1 Å². The van der Waals surface area contributed by atoms with Crippen LogP contribution >= 0.6 is 0 Å². The molecule has 0 spiro atoms. The van der Waals surface area contributed by atoms with Gasteiger partial charge in [0, 0.05) is 6.42 Å². The van der Waals surface area contributed by atoms with Crippen molar-refractivity contribution in [2.24, 2.45) is 5.41 Å². The minimum absolute atomic E-state index is 0.178. The minimum atomic E-state index is -1.31. The van der Waals surface area contributed by atoms with Gasteiger partial charge in [-0.05, 0) is 26.0 Å². The Hall–Kier alpha value is -2.51. The molecule has 7 nitrogen and oxygen atoms in total. The van der Waals surface area contributed by atoms with Crippen LogP contribution < -0.4 is 5.32 Å². The van der Waals surface area contributed by atoms with Crippen LogP contribution in [0.25, 0.3) is 0 Å². The SMILES string of the molecule is CC(C)(CC(=O)Nc1ccc(F)cc1[N+](=O)[O-])C(=O)O. The van der Waals surface area contributed by atoms with Crippen molar-refractivity contribution < 1.29 is 24.0 Å². The second-order valence-corrected chi connectivity index (χ2v) is 4.83. The van der Waals surface area contributed by atoms with Crippen LogP contribution in [-0.4, -0.2) is 21.9 Å². The van der Waals surface area contributed by atoms with Crippen LogP contribution in [0.1, 0.15) is 20.3 Å². The van der Waals surface area contributed by atoms with Gasteiger partial charge in [0.2, 0.25) is 5.91 Å². The largest absolute Gasteiger partial charge is 0.481 e. The smallest absolute Gasteiger partial charge is 0.309 e. The number of carbonyl (C=O) groups excluding carboxylic acids is 1. The van der Waals surface area contributed by atoms with Crippen molar-refractivity contribution in [2.75, 3.05) is 5.32 Å². The predicted molar refractivity (Wildman–Crippen MR) is 67.7 cm³/mol. The first kappa shape index (κ1) is 15.5. The number of carbonyl (C=O) groups is 2.